The molecule has 0 aliphatic rings. The van der Waals surface area contributed by atoms with Crippen LogP contribution >= 0.6 is 0 Å². The van der Waals surface area contributed by atoms with Gasteiger partial charge in [0.05, 0.1) is 12.7 Å². The fourth-order valence-corrected chi connectivity index (χ4v) is 1.53. The molecule has 18 heavy (non-hydrogen) atoms. The third-order valence-electron chi connectivity index (χ3n) is 2.45. The van der Waals surface area contributed by atoms with E-state index in [1.165, 1.54) is 0 Å². The summed E-state index contributed by atoms with van der Waals surface area (Å²) in [6.45, 7) is 0. The van der Waals surface area contributed by atoms with Gasteiger partial charge in [0.15, 0.2) is 0 Å². The lowest BCUT2D eigenvalue weighted by Gasteiger charge is -2.01. The van der Waals surface area contributed by atoms with Gasteiger partial charge in [-0.25, -0.2) is 0 Å². The van der Waals surface area contributed by atoms with Gasteiger partial charge in [-0.15, -0.1) is 0 Å². The second-order valence-corrected chi connectivity index (χ2v) is 3.64. The minimum Gasteiger partial charge on any atom is -0.495 e. The molecule has 2 aromatic carbocycles. The lowest BCUT2D eigenvalue weighted by molar-refractivity contribution is 0.413. The Hall–Kier alpha value is -2.71. The molecule has 0 unspecified atom stereocenters. The van der Waals surface area contributed by atoms with Crippen LogP contribution in [-0.2, 0) is 0 Å². The number of methoxy groups -OCH3 is 1. The molecule has 0 fully saturated rings. The topological polar surface area (TPSA) is 33.0 Å². The number of nitrogens with zero attached hydrogens (tertiary/aromatic N) is 1. The second-order valence-electron chi connectivity index (χ2n) is 3.64. The predicted octanol–water partition coefficient (Wildman–Crippen LogP) is 2.97. The molecule has 0 atom stereocenters. The molecule has 2 aromatic rings. The normalized spacial score (nSPS) is 8.89. The van der Waals surface area contributed by atoms with Crippen molar-refractivity contribution < 1.29 is 4.74 Å². The Bertz CT molecular complexity index is 642. The van der Waals surface area contributed by atoms with Crippen LogP contribution in [0.4, 0.5) is 0 Å². The Morgan fingerprint density at radius 2 is 1.67 bits per heavy atom. The average molecular weight is 233 g/mol. The summed E-state index contributed by atoms with van der Waals surface area (Å²) in [6.07, 6.45) is 0. The molecule has 0 N–H and O–H groups in total. The van der Waals surface area contributed by atoms with Crippen LogP contribution in [0, 0.1) is 23.2 Å². The summed E-state index contributed by atoms with van der Waals surface area (Å²) < 4.78 is 5.14. The largest absolute Gasteiger partial charge is 0.495 e. The Morgan fingerprint density at radius 3 is 2.33 bits per heavy atom. The molecule has 0 saturated heterocycles. The van der Waals surface area contributed by atoms with Gasteiger partial charge in [-0.2, -0.15) is 5.26 Å². The van der Waals surface area contributed by atoms with Gasteiger partial charge in [-0.3, -0.25) is 0 Å². The van der Waals surface area contributed by atoms with Gasteiger partial charge in [0.25, 0.3) is 0 Å². The summed E-state index contributed by atoms with van der Waals surface area (Å²) >= 11 is 0. The van der Waals surface area contributed by atoms with E-state index in [0.29, 0.717) is 11.3 Å². The molecular weight excluding hydrogens is 222 g/mol. The molecule has 0 amide bonds. The SMILES string of the molecule is COc1cc(C#Cc2ccccc2)ccc1C#N. The van der Waals surface area contributed by atoms with Gasteiger partial charge >= 0.3 is 0 Å². The molecule has 2 heteroatoms. The number of rotatable bonds is 1. The van der Waals surface area contributed by atoms with Crippen LogP contribution in [0.3, 0.4) is 0 Å². The lowest BCUT2D eigenvalue weighted by Crippen LogP contribution is -1.88. The summed E-state index contributed by atoms with van der Waals surface area (Å²) in [6, 6.07) is 17.1. The summed E-state index contributed by atoms with van der Waals surface area (Å²) in [4.78, 5) is 0. The number of hydrogen-bond acceptors (Lipinski definition) is 2. The smallest absolute Gasteiger partial charge is 0.137 e. The molecular formula is C16H11NO. The highest BCUT2D eigenvalue weighted by molar-refractivity contribution is 5.51. The van der Waals surface area contributed by atoms with E-state index >= 15 is 0 Å². The van der Waals surface area contributed by atoms with E-state index < -0.39 is 0 Å². The van der Waals surface area contributed by atoms with Crippen LogP contribution in [0.15, 0.2) is 48.5 Å². The van der Waals surface area contributed by atoms with Gasteiger partial charge in [-0.1, -0.05) is 30.0 Å². The summed E-state index contributed by atoms with van der Waals surface area (Å²) in [5, 5.41) is 8.88. The van der Waals surface area contributed by atoms with Crippen LogP contribution < -0.4 is 4.74 Å². The summed E-state index contributed by atoms with van der Waals surface area (Å²) in [7, 11) is 1.55. The Labute approximate surface area is 106 Å². The number of benzene rings is 2. The fourth-order valence-electron chi connectivity index (χ4n) is 1.53. The first-order chi connectivity index (χ1) is 8.83. The van der Waals surface area contributed by atoms with Crippen molar-refractivity contribution in [3.05, 3.63) is 65.2 Å². The van der Waals surface area contributed by atoms with Gasteiger partial charge < -0.3 is 4.74 Å². The molecule has 0 heterocycles. The lowest BCUT2D eigenvalue weighted by atomic mass is 10.1. The third-order valence-corrected chi connectivity index (χ3v) is 2.45. The van der Waals surface area contributed by atoms with Crippen molar-refractivity contribution in [2.24, 2.45) is 0 Å². The molecule has 0 aliphatic heterocycles. The first-order valence-electron chi connectivity index (χ1n) is 5.48. The highest BCUT2D eigenvalue weighted by atomic mass is 16.5. The van der Waals surface area contributed by atoms with E-state index in [1.54, 1.807) is 19.2 Å². The zero-order valence-corrected chi connectivity index (χ0v) is 9.97. The van der Waals surface area contributed by atoms with E-state index in [1.807, 2.05) is 36.4 Å². The van der Waals surface area contributed by atoms with Crippen molar-refractivity contribution in [3.8, 4) is 23.7 Å². The minimum absolute atomic E-state index is 0.516. The molecule has 0 aromatic heterocycles. The van der Waals surface area contributed by atoms with Crippen molar-refractivity contribution in [1.29, 1.82) is 5.26 Å². The molecule has 86 valence electrons. The maximum absolute atomic E-state index is 8.88. The maximum atomic E-state index is 8.88. The number of nitriles is 1. The number of ether oxygens (including phenoxy) is 1. The fraction of sp³-hybridized carbons (Fsp3) is 0.0625. The van der Waals surface area contributed by atoms with Crippen molar-refractivity contribution in [2.45, 2.75) is 0 Å². The Morgan fingerprint density at radius 1 is 0.944 bits per heavy atom. The van der Waals surface area contributed by atoms with Crippen LogP contribution in [-0.4, -0.2) is 7.11 Å². The molecule has 0 saturated carbocycles. The average Bonchev–Trinajstić information content (AvgIpc) is 2.45. The standard InChI is InChI=1S/C16H11NO/c1-18-16-11-14(9-10-15(16)12-17)8-7-13-5-3-2-4-6-13/h2-6,9-11H,1H3. The molecule has 0 bridgehead atoms. The predicted molar refractivity (Wildman–Crippen MR) is 70.1 cm³/mol. The Kier molecular flexibility index (Phi) is 3.64. The van der Waals surface area contributed by atoms with Crippen molar-refractivity contribution in [2.75, 3.05) is 7.11 Å². The highest BCUT2D eigenvalue weighted by Crippen LogP contribution is 2.18. The van der Waals surface area contributed by atoms with Crippen LogP contribution in [0.2, 0.25) is 0 Å². The van der Waals surface area contributed by atoms with Crippen molar-refractivity contribution >= 4 is 0 Å². The maximum Gasteiger partial charge on any atom is 0.137 e. The molecule has 0 radical (unpaired) electrons. The molecule has 2 nitrogen and oxygen atoms in total. The first-order valence-corrected chi connectivity index (χ1v) is 5.48. The van der Waals surface area contributed by atoms with E-state index in [2.05, 4.69) is 17.9 Å². The van der Waals surface area contributed by atoms with Crippen molar-refractivity contribution in [3.63, 3.8) is 0 Å². The van der Waals surface area contributed by atoms with Gasteiger partial charge in [0.1, 0.15) is 11.8 Å². The van der Waals surface area contributed by atoms with E-state index in [-0.39, 0.29) is 0 Å². The molecule has 0 spiro atoms. The summed E-state index contributed by atoms with van der Waals surface area (Å²) in [5.41, 5.74) is 2.30. The Balaban J connectivity index is 2.32. The third kappa shape index (κ3) is 2.70. The van der Waals surface area contributed by atoms with E-state index in [4.69, 9.17) is 10.00 Å². The van der Waals surface area contributed by atoms with Gasteiger partial charge in [0.2, 0.25) is 0 Å². The van der Waals surface area contributed by atoms with Crippen molar-refractivity contribution in [1.82, 2.24) is 0 Å². The molecule has 2 rings (SSSR count). The van der Waals surface area contributed by atoms with Crippen LogP contribution in [0.1, 0.15) is 16.7 Å². The quantitative estimate of drug-likeness (QED) is 0.709. The zero-order chi connectivity index (χ0) is 12.8. The van der Waals surface area contributed by atoms with E-state index in [0.717, 1.165) is 11.1 Å². The van der Waals surface area contributed by atoms with Crippen LogP contribution in [0.25, 0.3) is 0 Å². The number of hydrogen-bond donors (Lipinski definition) is 0. The minimum atomic E-state index is 0.516. The summed E-state index contributed by atoms with van der Waals surface area (Å²) in [5.74, 6) is 6.66. The zero-order valence-electron chi connectivity index (χ0n) is 9.97. The van der Waals surface area contributed by atoms with E-state index in [9.17, 15) is 0 Å². The van der Waals surface area contributed by atoms with Gasteiger partial charge in [0, 0.05) is 11.1 Å². The first kappa shape index (κ1) is 11.8. The second kappa shape index (κ2) is 5.57. The van der Waals surface area contributed by atoms with Crippen LogP contribution in [0.5, 0.6) is 5.75 Å². The van der Waals surface area contributed by atoms with Gasteiger partial charge in [-0.05, 0) is 30.3 Å². The monoisotopic (exact) mass is 233 g/mol. The highest BCUT2D eigenvalue weighted by Gasteiger charge is 2.01. The molecule has 0 aliphatic carbocycles.